The standard InChI is InChI=1S/C21H26N4O3/c1-5-24(6-2)11-12-25-18-10-8-7-9-16(18)19(21(25)27)22-23-20(26)17-13-14(3)28-15(17)4/h7-10,13,27H,5-6,11-12H2,1-4H3. The number of likely N-dealkylation sites (N-methyl/N-ethyl adjacent to an activating group) is 1. The van der Waals surface area contributed by atoms with E-state index in [9.17, 15) is 9.90 Å². The molecule has 148 valence electrons. The van der Waals surface area contributed by atoms with E-state index in [1.807, 2.05) is 28.8 Å². The minimum Gasteiger partial charge on any atom is -0.493 e. The zero-order valence-electron chi connectivity index (χ0n) is 16.8. The third-order valence-electron chi connectivity index (χ3n) is 4.96. The molecule has 0 saturated heterocycles. The van der Waals surface area contributed by atoms with Gasteiger partial charge in [-0.2, -0.15) is 0 Å². The van der Waals surface area contributed by atoms with E-state index >= 15 is 0 Å². The van der Waals surface area contributed by atoms with Crippen molar-refractivity contribution in [3.63, 3.8) is 0 Å². The van der Waals surface area contributed by atoms with Gasteiger partial charge in [-0.25, -0.2) is 0 Å². The molecule has 0 spiro atoms. The van der Waals surface area contributed by atoms with Crippen molar-refractivity contribution < 1.29 is 14.3 Å². The quantitative estimate of drug-likeness (QED) is 0.594. The Bertz CT molecular complexity index is 1010. The molecule has 0 aliphatic carbocycles. The van der Waals surface area contributed by atoms with E-state index in [-0.39, 0.29) is 5.88 Å². The molecule has 3 rings (SSSR count). The van der Waals surface area contributed by atoms with E-state index < -0.39 is 5.91 Å². The van der Waals surface area contributed by atoms with Crippen molar-refractivity contribution in [2.75, 3.05) is 19.6 Å². The van der Waals surface area contributed by atoms with Crippen LogP contribution in [0.15, 0.2) is 45.0 Å². The summed E-state index contributed by atoms with van der Waals surface area (Å²) in [5, 5.41) is 19.5. The molecule has 0 aliphatic heterocycles. The summed E-state index contributed by atoms with van der Waals surface area (Å²) in [6.45, 7) is 11.0. The Morgan fingerprint density at radius 3 is 2.57 bits per heavy atom. The van der Waals surface area contributed by atoms with Crippen LogP contribution in [0.5, 0.6) is 5.88 Å². The Hall–Kier alpha value is -2.93. The molecule has 0 bridgehead atoms. The number of carbonyl (C=O) groups is 1. The van der Waals surface area contributed by atoms with Crippen LogP contribution < -0.4 is 0 Å². The molecule has 0 fully saturated rings. The first-order valence-corrected chi connectivity index (χ1v) is 9.51. The number of aromatic nitrogens is 1. The predicted molar refractivity (Wildman–Crippen MR) is 108 cm³/mol. The number of amides is 1. The van der Waals surface area contributed by atoms with Gasteiger partial charge in [-0.1, -0.05) is 32.0 Å². The van der Waals surface area contributed by atoms with Gasteiger partial charge in [-0.3, -0.25) is 4.79 Å². The van der Waals surface area contributed by atoms with Gasteiger partial charge in [-0.15, -0.1) is 10.2 Å². The van der Waals surface area contributed by atoms with E-state index in [1.54, 1.807) is 19.9 Å². The molecule has 2 aromatic heterocycles. The summed E-state index contributed by atoms with van der Waals surface area (Å²) in [6.07, 6.45) is 0. The van der Waals surface area contributed by atoms with Gasteiger partial charge in [0.2, 0.25) is 5.88 Å². The number of nitrogens with zero attached hydrogens (tertiary/aromatic N) is 4. The maximum absolute atomic E-state index is 12.4. The summed E-state index contributed by atoms with van der Waals surface area (Å²) in [6, 6.07) is 9.24. The zero-order chi connectivity index (χ0) is 20.3. The molecule has 1 N–H and O–H groups in total. The van der Waals surface area contributed by atoms with Crippen LogP contribution in [0.3, 0.4) is 0 Å². The number of hydrogen-bond donors (Lipinski definition) is 1. The molecule has 0 aliphatic rings. The maximum atomic E-state index is 12.4. The second kappa shape index (κ2) is 8.39. The van der Waals surface area contributed by atoms with Gasteiger partial charge in [0.25, 0.3) is 5.91 Å². The first-order chi connectivity index (χ1) is 13.5. The average Bonchev–Trinajstić information content (AvgIpc) is 3.16. The number of hydrogen-bond acceptors (Lipinski definition) is 5. The van der Waals surface area contributed by atoms with E-state index in [1.165, 1.54) is 0 Å². The van der Waals surface area contributed by atoms with Gasteiger partial charge in [0.05, 0.1) is 11.1 Å². The molecule has 3 aromatic rings. The number of benzene rings is 1. The van der Waals surface area contributed by atoms with Crippen molar-refractivity contribution in [3.8, 4) is 5.88 Å². The van der Waals surface area contributed by atoms with Gasteiger partial charge >= 0.3 is 0 Å². The summed E-state index contributed by atoms with van der Waals surface area (Å²) in [4.78, 5) is 14.7. The first kappa shape index (κ1) is 19.8. The highest BCUT2D eigenvalue weighted by molar-refractivity contribution is 5.97. The zero-order valence-corrected chi connectivity index (χ0v) is 16.8. The first-order valence-electron chi connectivity index (χ1n) is 9.51. The smallest absolute Gasteiger partial charge is 0.298 e. The Morgan fingerprint density at radius 1 is 1.21 bits per heavy atom. The maximum Gasteiger partial charge on any atom is 0.298 e. The molecule has 7 nitrogen and oxygen atoms in total. The fraction of sp³-hybridized carbons (Fsp3) is 0.381. The van der Waals surface area contributed by atoms with E-state index in [4.69, 9.17) is 4.42 Å². The summed E-state index contributed by atoms with van der Waals surface area (Å²) < 4.78 is 7.20. The second-order valence-corrected chi connectivity index (χ2v) is 6.70. The lowest BCUT2D eigenvalue weighted by Gasteiger charge is -2.18. The van der Waals surface area contributed by atoms with Crippen molar-refractivity contribution in [2.45, 2.75) is 34.2 Å². The number of aryl methyl sites for hydroxylation is 2. The number of para-hydroxylation sites is 1. The van der Waals surface area contributed by atoms with Gasteiger partial charge < -0.3 is 19.0 Å². The SMILES string of the molecule is CCN(CC)CCn1c(O)c(N=NC(=O)c2cc(C)oc2C)c2ccccc21. The Morgan fingerprint density at radius 2 is 1.93 bits per heavy atom. The topological polar surface area (TPSA) is 83.3 Å². The van der Waals surface area contributed by atoms with Crippen molar-refractivity contribution in [1.82, 2.24) is 9.47 Å². The Labute approximate surface area is 164 Å². The molecular weight excluding hydrogens is 356 g/mol. The Kier molecular flexibility index (Phi) is 5.94. The highest BCUT2D eigenvalue weighted by atomic mass is 16.3. The second-order valence-electron chi connectivity index (χ2n) is 6.70. The van der Waals surface area contributed by atoms with E-state index in [0.29, 0.717) is 29.3 Å². The van der Waals surface area contributed by atoms with Gasteiger partial charge in [-0.05, 0) is 39.1 Å². The summed E-state index contributed by atoms with van der Waals surface area (Å²) in [7, 11) is 0. The molecule has 0 saturated carbocycles. The monoisotopic (exact) mass is 382 g/mol. The van der Waals surface area contributed by atoms with Gasteiger partial charge in [0.15, 0.2) is 5.69 Å². The minimum absolute atomic E-state index is 0.0185. The van der Waals surface area contributed by atoms with Gasteiger partial charge in [0, 0.05) is 18.5 Å². The van der Waals surface area contributed by atoms with Crippen molar-refractivity contribution in [2.24, 2.45) is 10.2 Å². The van der Waals surface area contributed by atoms with Crippen LogP contribution in [0.25, 0.3) is 10.9 Å². The molecule has 0 atom stereocenters. The molecule has 1 aromatic carbocycles. The number of azo groups is 1. The molecule has 2 heterocycles. The molecule has 1 amide bonds. The number of aromatic hydroxyl groups is 1. The molecule has 28 heavy (non-hydrogen) atoms. The predicted octanol–water partition coefficient (Wildman–Crippen LogP) is 4.82. The van der Waals surface area contributed by atoms with Crippen molar-refractivity contribution >= 4 is 22.5 Å². The summed E-state index contributed by atoms with van der Waals surface area (Å²) >= 11 is 0. The molecule has 7 heteroatoms. The number of rotatable bonds is 7. The van der Waals surface area contributed by atoms with Gasteiger partial charge in [0.1, 0.15) is 11.5 Å². The largest absolute Gasteiger partial charge is 0.493 e. The fourth-order valence-corrected chi connectivity index (χ4v) is 3.37. The van der Waals surface area contributed by atoms with Crippen LogP contribution >= 0.6 is 0 Å². The van der Waals surface area contributed by atoms with Crippen molar-refractivity contribution in [3.05, 3.63) is 47.4 Å². The highest BCUT2D eigenvalue weighted by Crippen LogP contribution is 2.38. The van der Waals surface area contributed by atoms with E-state index in [2.05, 4.69) is 29.0 Å². The summed E-state index contributed by atoms with van der Waals surface area (Å²) in [5.74, 6) is 0.679. The van der Waals surface area contributed by atoms with E-state index in [0.717, 1.165) is 30.5 Å². The molecule has 0 radical (unpaired) electrons. The third kappa shape index (κ3) is 3.84. The van der Waals surface area contributed by atoms with Crippen molar-refractivity contribution in [1.29, 1.82) is 0 Å². The number of carbonyl (C=O) groups excluding carboxylic acids is 1. The van der Waals surface area contributed by atoms with Crippen LogP contribution in [0, 0.1) is 13.8 Å². The van der Waals surface area contributed by atoms with Crippen LogP contribution in [0.1, 0.15) is 35.7 Å². The van der Waals surface area contributed by atoms with Crippen LogP contribution in [0.4, 0.5) is 5.69 Å². The lowest BCUT2D eigenvalue weighted by molar-refractivity contribution is 0.0993. The Balaban J connectivity index is 1.94. The summed E-state index contributed by atoms with van der Waals surface area (Å²) in [5.41, 5.74) is 1.55. The van der Waals surface area contributed by atoms with Crippen LogP contribution in [0.2, 0.25) is 0 Å². The number of furan rings is 1. The molecule has 0 unspecified atom stereocenters. The fourth-order valence-electron chi connectivity index (χ4n) is 3.37. The van der Waals surface area contributed by atoms with Crippen LogP contribution in [-0.4, -0.2) is 40.1 Å². The minimum atomic E-state index is -0.492. The molecular formula is C21H26N4O3. The normalized spacial score (nSPS) is 11.9. The number of fused-ring (bicyclic) bond motifs is 1. The lowest BCUT2D eigenvalue weighted by atomic mass is 10.2. The van der Waals surface area contributed by atoms with Crippen LogP contribution in [-0.2, 0) is 6.54 Å². The highest BCUT2D eigenvalue weighted by Gasteiger charge is 2.18. The third-order valence-corrected chi connectivity index (χ3v) is 4.96. The lowest BCUT2D eigenvalue weighted by Crippen LogP contribution is -2.26. The average molecular weight is 382 g/mol.